The summed E-state index contributed by atoms with van der Waals surface area (Å²) in [4.78, 5) is 7.62. The first-order valence-corrected chi connectivity index (χ1v) is 2.37. The zero-order valence-corrected chi connectivity index (χ0v) is 7.08. The number of hydrogen-bond donors (Lipinski definition) is 1. The van der Waals surface area contributed by atoms with E-state index in [0.29, 0.717) is 0 Å². The number of hydrogen-bond acceptors (Lipinski definition) is 3. The van der Waals surface area contributed by atoms with Crippen molar-refractivity contribution in [1.29, 1.82) is 0 Å². The van der Waals surface area contributed by atoms with E-state index in [-0.39, 0.29) is 24.8 Å². The summed E-state index contributed by atoms with van der Waals surface area (Å²) < 4.78 is 0. The van der Waals surface area contributed by atoms with Gasteiger partial charge in [-0.15, -0.1) is 24.8 Å². The highest BCUT2D eigenvalue weighted by Crippen LogP contribution is 1.93. The van der Waals surface area contributed by atoms with Gasteiger partial charge in [0.2, 0.25) is 0 Å². The summed E-state index contributed by atoms with van der Waals surface area (Å²) in [5.74, 6) is 0.847. The fourth-order valence-electron chi connectivity index (χ4n) is 0.439. The van der Waals surface area contributed by atoms with Crippen LogP contribution in [-0.4, -0.2) is 17.0 Å². The summed E-state index contributed by atoms with van der Waals surface area (Å²) in [5, 5.41) is 2.88. The molecule has 0 aliphatic heterocycles. The van der Waals surface area contributed by atoms with Crippen molar-refractivity contribution < 1.29 is 0 Å². The number of aromatic nitrogens is 2. The lowest BCUT2D eigenvalue weighted by Gasteiger charge is -1.92. The fourth-order valence-corrected chi connectivity index (χ4v) is 0.439. The molecule has 0 aliphatic rings. The van der Waals surface area contributed by atoms with Crippen LogP contribution in [0.25, 0.3) is 0 Å². The van der Waals surface area contributed by atoms with Crippen LogP contribution < -0.4 is 5.32 Å². The van der Waals surface area contributed by atoms with Crippen molar-refractivity contribution in [3.8, 4) is 0 Å². The molecule has 0 unspecified atom stereocenters. The van der Waals surface area contributed by atoms with E-state index in [2.05, 4.69) is 15.3 Å². The number of anilines is 1. The van der Waals surface area contributed by atoms with Gasteiger partial charge in [0.05, 0.1) is 0 Å². The van der Waals surface area contributed by atoms with Crippen molar-refractivity contribution >= 4 is 30.6 Å². The highest BCUT2D eigenvalue weighted by Gasteiger charge is 1.80. The molecule has 0 saturated carbocycles. The van der Waals surface area contributed by atoms with Crippen LogP contribution in [0.2, 0.25) is 0 Å². The van der Waals surface area contributed by atoms with Crippen LogP contribution in [0, 0.1) is 0 Å². The van der Waals surface area contributed by atoms with Crippen molar-refractivity contribution in [2.75, 3.05) is 12.4 Å². The maximum atomic E-state index is 3.88. The van der Waals surface area contributed by atoms with E-state index < -0.39 is 0 Å². The molecule has 0 saturated heterocycles. The summed E-state index contributed by atoms with van der Waals surface area (Å²) in [5.41, 5.74) is 0. The predicted molar refractivity (Wildman–Crippen MR) is 46.1 cm³/mol. The maximum Gasteiger partial charge on any atom is 0.129 e. The summed E-state index contributed by atoms with van der Waals surface area (Å²) in [7, 11) is 1.82. The van der Waals surface area contributed by atoms with Crippen molar-refractivity contribution in [3.63, 3.8) is 0 Å². The molecule has 0 bridgehead atoms. The first-order chi connectivity index (χ1) is 3.93. The van der Waals surface area contributed by atoms with E-state index in [0.717, 1.165) is 5.82 Å². The molecule has 1 heterocycles. The lowest BCUT2D eigenvalue weighted by atomic mass is 10.6. The van der Waals surface area contributed by atoms with Crippen molar-refractivity contribution in [2.45, 2.75) is 0 Å². The van der Waals surface area contributed by atoms with E-state index in [4.69, 9.17) is 0 Å². The van der Waals surface area contributed by atoms with Gasteiger partial charge in [0.1, 0.15) is 12.1 Å². The second-order valence-electron chi connectivity index (χ2n) is 1.34. The monoisotopic (exact) mass is 181 g/mol. The van der Waals surface area contributed by atoms with Crippen molar-refractivity contribution in [1.82, 2.24) is 9.97 Å². The molecule has 0 fully saturated rings. The van der Waals surface area contributed by atoms with Crippen LogP contribution in [0.1, 0.15) is 0 Å². The zero-order valence-electron chi connectivity index (χ0n) is 5.44. The summed E-state index contributed by atoms with van der Waals surface area (Å²) in [6, 6.07) is 1.81. The Hall–Kier alpha value is -0.540. The SMILES string of the molecule is CNc1ccncn1.Cl.Cl. The first kappa shape index (κ1) is 12.2. The average Bonchev–Trinajstić information content (AvgIpc) is 1.90. The molecule has 1 rings (SSSR count). The Bertz CT molecular complexity index is 156. The Balaban J connectivity index is 0. The van der Waals surface area contributed by atoms with Crippen molar-refractivity contribution in [3.05, 3.63) is 18.6 Å². The first-order valence-electron chi connectivity index (χ1n) is 2.37. The average molecular weight is 182 g/mol. The largest absolute Gasteiger partial charge is 0.373 e. The smallest absolute Gasteiger partial charge is 0.129 e. The molecule has 10 heavy (non-hydrogen) atoms. The van der Waals surface area contributed by atoms with Gasteiger partial charge in [-0.2, -0.15) is 0 Å². The summed E-state index contributed by atoms with van der Waals surface area (Å²) >= 11 is 0. The lowest BCUT2D eigenvalue weighted by Crippen LogP contribution is -1.90. The molecule has 0 aromatic carbocycles. The molecule has 0 atom stereocenters. The van der Waals surface area contributed by atoms with Gasteiger partial charge in [-0.3, -0.25) is 0 Å². The third-order valence-electron chi connectivity index (χ3n) is 0.838. The number of halogens is 2. The van der Waals surface area contributed by atoms with Gasteiger partial charge in [0, 0.05) is 13.2 Å². The zero-order chi connectivity index (χ0) is 5.82. The van der Waals surface area contributed by atoms with Gasteiger partial charge in [-0.1, -0.05) is 0 Å². The Kier molecular flexibility index (Phi) is 8.00. The number of rotatable bonds is 1. The van der Waals surface area contributed by atoms with Crippen LogP contribution in [-0.2, 0) is 0 Å². The highest BCUT2D eigenvalue weighted by atomic mass is 35.5. The van der Waals surface area contributed by atoms with Crippen LogP contribution in [0.15, 0.2) is 18.6 Å². The predicted octanol–water partition coefficient (Wildman–Crippen LogP) is 1.36. The van der Waals surface area contributed by atoms with Gasteiger partial charge in [-0.25, -0.2) is 9.97 Å². The Labute approximate surface area is 72.1 Å². The molecule has 1 aromatic rings. The minimum Gasteiger partial charge on any atom is -0.373 e. The fraction of sp³-hybridized carbons (Fsp3) is 0.200. The standard InChI is InChI=1S/C5H7N3.2ClH/c1-6-5-2-3-7-4-8-5;;/h2-4H,1H3,(H,6,7,8);2*1H. The summed E-state index contributed by atoms with van der Waals surface area (Å²) in [6.45, 7) is 0. The molecule has 1 N–H and O–H groups in total. The Morgan fingerprint density at radius 1 is 1.40 bits per heavy atom. The van der Waals surface area contributed by atoms with E-state index >= 15 is 0 Å². The van der Waals surface area contributed by atoms with E-state index in [1.54, 1.807) is 12.3 Å². The molecule has 0 aliphatic carbocycles. The third-order valence-corrected chi connectivity index (χ3v) is 0.838. The van der Waals surface area contributed by atoms with Gasteiger partial charge in [0.15, 0.2) is 0 Å². The van der Waals surface area contributed by atoms with Gasteiger partial charge in [-0.05, 0) is 6.07 Å². The highest BCUT2D eigenvalue weighted by molar-refractivity contribution is 5.85. The van der Waals surface area contributed by atoms with Crippen LogP contribution >= 0.6 is 24.8 Å². The topological polar surface area (TPSA) is 37.8 Å². The molecular weight excluding hydrogens is 173 g/mol. The second-order valence-corrected chi connectivity index (χ2v) is 1.34. The quantitative estimate of drug-likeness (QED) is 0.712. The van der Waals surface area contributed by atoms with Gasteiger partial charge in [0.25, 0.3) is 0 Å². The van der Waals surface area contributed by atoms with Crippen LogP contribution in [0.5, 0.6) is 0 Å². The van der Waals surface area contributed by atoms with E-state index in [9.17, 15) is 0 Å². The Morgan fingerprint density at radius 2 is 2.10 bits per heavy atom. The van der Waals surface area contributed by atoms with E-state index in [1.165, 1.54) is 6.33 Å². The maximum absolute atomic E-state index is 3.88. The molecular formula is C5H9Cl2N3. The van der Waals surface area contributed by atoms with Gasteiger partial charge < -0.3 is 5.32 Å². The molecule has 0 radical (unpaired) electrons. The third kappa shape index (κ3) is 3.48. The molecule has 5 heteroatoms. The molecule has 0 amide bonds. The summed E-state index contributed by atoms with van der Waals surface area (Å²) in [6.07, 6.45) is 3.20. The normalized spacial score (nSPS) is 6.90. The van der Waals surface area contributed by atoms with Crippen LogP contribution in [0.3, 0.4) is 0 Å². The molecule has 3 nitrogen and oxygen atoms in total. The Morgan fingerprint density at radius 3 is 2.40 bits per heavy atom. The molecule has 58 valence electrons. The molecule has 0 spiro atoms. The molecule has 1 aromatic heterocycles. The van der Waals surface area contributed by atoms with Crippen LogP contribution in [0.4, 0.5) is 5.82 Å². The minimum absolute atomic E-state index is 0. The van der Waals surface area contributed by atoms with Gasteiger partial charge >= 0.3 is 0 Å². The number of nitrogens with one attached hydrogen (secondary N) is 1. The minimum atomic E-state index is 0. The lowest BCUT2D eigenvalue weighted by molar-refractivity contribution is 1.16. The number of nitrogens with zero attached hydrogens (tertiary/aromatic N) is 2. The van der Waals surface area contributed by atoms with E-state index in [1.807, 2.05) is 7.05 Å². The van der Waals surface area contributed by atoms with Crippen molar-refractivity contribution in [2.24, 2.45) is 0 Å². The second kappa shape index (κ2) is 6.58.